The Balaban J connectivity index is 1.48. The number of benzene rings is 1. The minimum atomic E-state index is 0.716. The summed E-state index contributed by atoms with van der Waals surface area (Å²) in [4.78, 5) is 13.9. The van der Waals surface area contributed by atoms with Gasteiger partial charge in [0.15, 0.2) is 5.82 Å². The molecule has 1 N–H and O–H groups in total. The van der Waals surface area contributed by atoms with Gasteiger partial charge in [-0.1, -0.05) is 17.7 Å². The Morgan fingerprint density at radius 2 is 2.07 bits per heavy atom. The number of imidazole rings is 1. The maximum Gasteiger partial charge on any atom is 0.158 e. The molecule has 0 saturated heterocycles. The predicted octanol–water partition coefficient (Wildman–Crippen LogP) is 3.84. The van der Waals surface area contributed by atoms with Crippen molar-refractivity contribution < 1.29 is 0 Å². The summed E-state index contributed by atoms with van der Waals surface area (Å²) >= 11 is 6.07. The maximum atomic E-state index is 6.07. The molecule has 0 unspecified atom stereocenters. The molecule has 1 aromatic carbocycles. The summed E-state index contributed by atoms with van der Waals surface area (Å²) in [5.74, 6) is 0.850. The molecule has 0 bridgehead atoms. The van der Waals surface area contributed by atoms with Gasteiger partial charge < -0.3 is 9.88 Å². The lowest BCUT2D eigenvalue weighted by Crippen LogP contribution is -2.24. The van der Waals surface area contributed by atoms with Gasteiger partial charge in [0.05, 0.1) is 12.1 Å². The summed E-state index contributed by atoms with van der Waals surface area (Å²) < 4.78 is 2.11. The van der Waals surface area contributed by atoms with Crippen LogP contribution in [0.3, 0.4) is 0 Å². The fourth-order valence-electron chi connectivity index (χ4n) is 3.57. The standard InChI is InChI=1S/C21H18ClN5/c22-17-2-4-19-15(10-17)1-3-20(26-19)21-24-7-8-27(21)13-14-9-16-12-23-6-5-18(16)25-11-14/h1-4,7-11,23H,5-6,12-13H2. The largest absolute Gasteiger partial charge is 0.325 e. The van der Waals surface area contributed by atoms with Crippen molar-refractivity contribution >= 4 is 22.5 Å². The molecule has 0 spiro atoms. The Morgan fingerprint density at radius 1 is 1.11 bits per heavy atom. The van der Waals surface area contributed by atoms with E-state index in [2.05, 4.69) is 25.9 Å². The van der Waals surface area contributed by atoms with E-state index >= 15 is 0 Å². The average molecular weight is 376 g/mol. The quantitative estimate of drug-likeness (QED) is 0.591. The van der Waals surface area contributed by atoms with Crippen molar-refractivity contribution in [3.63, 3.8) is 0 Å². The first kappa shape index (κ1) is 16.4. The minimum Gasteiger partial charge on any atom is -0.325 e. The van der Waals surface area contributed by atoms with Crippen LogP contribution < -0.4 is 5.32 Å². The second-order valence-corrected chi connectivity index (χ2v) is 7.22. The number of aromatic nitrogens is 4. The minimum absolute atomic E-state index is 0.716. The van der Waals surface area contributed by atoms with Gasteiger partial charge in [-0.15, -0.1) is 0 Å². The Kier molecular flexibility index (Phi) is 4.11. The van der Waals surface area contributed by atoms with E-state index in [0.29, 0.717) is 5.02 Å². The summed E-state index contributed by atoms with van der Waals surface area (Å²) in [5.41, 5.74) is 5.43. The van der Waals surface area contributed by atoms with Crippen LogP contribution in [0.4, 0.5) is 0 Å². The van der Waals surface area contributed by atoms with Gasteiger partial charge in [-0.2, -0.15) is 0 Å². The van der Waals surface area contributed by atoms with Crippen molar-refractivity contribution in [3.8, 4) is 11.5 Å². The Labute approximate surface area is 162 Å². The van der Waals surface area contributed by atoms with Gasteiger partial charge in [-0.3, -0.25) is 4.98 Å². The molecule has 0 fully saturated rings. The lowest BCUT2D eigenvalue weighted by Gasteiger charge is -2.17. The topological polar surface area (TPSA) is 55.6 Å². The van der Waals surface area contributed by atoms with Crippen LogP contribution >= 0.6 is 11.6 Å². The van der Waals surface area contributed by atoms with Crippen LogP contribution in [-0.2, 0) is 19.5 Å². The van der Waals surface area contributed by atoms with E-state index in [0.717, 1.165) is 48.5 Å². The molecule has 3 aromatic heterocycles. The van der Waals surface area contributed by atoms with Gasteiger partial charge in [0.2, 0.25) is 0 Å². The van der Waals surface area contributed by atoms with Gasteiger partial charge >= 0.3 is 0 Å². The molecule has 134 valence electrons. The van der Waals surface area contributed by atoms with E-state index in [1.54, 1.807) is 0 Å². The number of nitrogens with one attached hydrogen (secondary N) is 1. The number of hydrogen-bond donors (Lipinski definition) is 1. The van der Waals surface area contributed by atoms with E-state index in [9.17, 15) is 0 Å². The third kappa shape index (κ3) is 3.20. The molecule has 0 radical (unpaired) electrons. The molecule has 5 nitrogen and oxygen atoms in total. The van der Waals surface area contributed by atoms with Crippen molar-refractivity contribution in [3.05, 3.63) is 76.8 Å². The second kappa shape index (κ2) is 6.76. The van der Waals surface area contributed by atoms with Gasteiger partial charge in [-0.05, 0) is 41.5 Å². The third-order valence-corrected chi connectivity index (χ3v) is 5.15. The summed E-state index contributed by atoms with van der Waals surface area (Å²) in [6.45, 7) is 2.61. The molecule has 5 rings (SSSR count). The normalized spacial score (nSPS) is 13.7. The van der Waals surface area contributed by atoms with Gasteiger partial charge in [0.1, 0.15) is 5.69 Å². The highest BCUT2D eigenvalue weighted by Gasteiger charge is 2.13. The van der Waals surface area contributed by atoms with Gasteiger partial charge in [0, 0.05) is 54.2 Å². The molecule has 6 heteroatoms. The average Bonchev–Trinajstić information content (AvgIpc) is 3.15. The first-order valence-corrected chi connectivity index (χ1v) is 9.39. The molecule has 0 aliphatic carbocycles. The van der Waals surface area contributed by atoms with Crippen molar-refractivity contribution in [1.82, 2.24) is 24.8 Å². The summed E-state index contributed by atoms with van der Waals surface area (Å²) in [6, 6.07) is 12.0. The van der Waals surface area contributed by atoms with Crippen LogP contribution in [-0.4, -0.2) is 26.1 Å². The van der Waals surface area contributed by atoms with Crippen molar-refractivity contribution in [2.45, 2.75) is 19.5 Å². The van der Waals surface area contributed by atoms with E-state index in [1.807, 2.05) is 48.9 Å². The number of rotatable bonds is 3. The highest BCUT2D eigenvalue weighted by atomic mass is 35.5. The molecule has 0 atom stereocenters. The van der Waals surface area contributed by atoms with E-state index in [4.69, 9.17) is 16.6 Å². The molecule has 4 heterocycles. The number of pyridine rings is 2. The first-order chi connectivity index (χ1) is 13.3. The second-order valence-electron chi connectivity index (χ2n) is 6.79. The summed E-state index contributed by atoms with van der Waals surface area (Å²) in [6.07, 6.45) is 6.78. The number of halogens is 1. The van der Waals surface area contributed by atoms with Crippen LogP contribution in [0, 0.1) is 0 Å². The first-order valence-electron chi connectivity index (χ1n) is 9.01. The predicted molar refractivity (Wildman–Crippen MR) is 107 cm³/mol. The van der Waals surface area contributed by atoms with Crippen LogP contribution in [0.15, 0.2) is 55.0 Å². The summed E-state index contributed by atoms with van der Waals surface area (Å²) in [7, 11) is 0. The zero-order valence-electron chi connectivity index (χ0n) is 14.7. The van der Waals surface area contributed by atoms with Crippen molar-refractivity contribution in [2.75, 3.05) is 6.54 Å². The summed E-state index contributed by atoms with van der Waals surface area (Å²) in [5, 5.41) is 5.15. The van der Waals surface area contributed by atoms with Gasteiger partial charge in [-0.25, -0.2) is 9.97 Å². The highest BCUT2D eigenvalue weighted by Crippen LogP contribution is 2.23. The monoisotopic (exact) mass is 375 g/mol. The zero-order valence-corrected chi connectivity index (χ0v) is 15.4. The van der Waals surface area contributed by atoms with Gasteiger partial charge in [0.25, 0.3) is 0 Å². The Hall–Kier alpha value is -2.76. The van der Waals surface area contributed by atoms with Crippen LogP contribution in [0.25, 0.3) is 22.4 Å². The molecular weight excluding hydrogens is 358 g/mol. The Morgan fingerprint density at radius 3 is 3.04 bits per heavy atom. The number of nitrogens with zero attached hydrogens (tertiary/aromatic N) is 4. The lowest BCUT2D eigenvalue weighted by molar-refractivity contribution is 0.627. The fraction of sp³-hybridized carbons (Fsp3) is 0.190. The molecular formula is C21H18ClN5. The van der Waals surface area contributed by atoms with E-state index in [-0.39, 0.29) is 0 Å². The molecule has 1 aliphatic rings. The van der Waals surface area contributed by atoms with E-state index < -0.39 is 0 Å². The number of hydrogen-bond acceptors (Lipinski definition) is 4. The molecule has 0 saturated carbocycles. The Bertz CT molecular complexity index is 1130. The lowest BCUT2D eigenvalue weighted by atomic mass is 10.1. The molecule has 27 heavy (non-hydrogen) atoms. The van der Waals surface area contributed by atoms with Crippen LogP contribution in [0.1, 0.15) is 16.8 Å². The molecule has 4 aromatic rings. The fourth-order valence-corrected chi connectivity index (χ4v) is 3.75. The van der Waals surface area contributed by atoms with Crippen molar-refractivity contribution in [2.24, 2.45) is 0 Å². The molecule has 0 amide bonds. The smallest absolute Gasteiger partial charge is 0.158 e. The number of fused-ring (bicyclic) bond motifs is 2. The van der Waals surface area contributed by atoms with Crippen LogP contribution in [0.5, 0.6) is 0 Å². The van der Waals surface area contributed by atoms with Crippen LogP contribution in [0.2, 0.25) is 5.02 Å². The SMILES string of the molecule is Clc1ccc2nc(-c3nccn3Cc3cnc4c(c3)CNCC4)ccc2c1. The maximum absolute atomic E-state index is 6.07. The molecule has 1 aliphatic heterocycles. The third-order valence-electron chi connectivity index (χ3n) is 4.92. The zero-order chi connectivity index (χ0) is 18.2. The van der Waals surface area contributed by atoms with Crippen molar-refractivity contribution in [1.29, 1.82) is 0 Å². The van der Waals surface area contributed by atoms with E-state index in [1.165, 1.54) is 16.8 Å². The highest BCUT2D eigenvalue weighted by molar-refractivity contribution is 6.31.